The minimum atomic E-state index is -0.574. The predicted octanol–water partition coefficient (Wildman–Crippen LogP) is 3.21. The molecule has 0 spiro atoms. The number of halogens is 1. The van der Waals surface area contributed by atoms with E-state index in [-0.39, 0.29) is 11.8 Å². The van der Waals surface area contributed by atoms with Gasteiger partial charge in [-0.1, -0.05) is 29.8 Å². The number of carbonyl (C=O) groups excluding carboxylic acids is 2. The number of hydrogen-bond acceptors (Lipinski definition) is 3. The Bertz CT molecular complexity index is 724. The molecule has 2 N–H and O–H groups in total. The van der Waals surface area contributed by atoms with Crippen LogP contribution in [0, 0.1) is 0 Å². The number of thiophene rings is 1. The molecule has 0 fully saturated rings. The van der Waals surface area contributed by atoms with Crippen LogP contribution in [0.25, 0.3) is 16.2 Å². The third kappa shape index (κ3) is 3.87. The zero-order valence-corrected chi connectivity index (χ0v) is 13.9. The van der Waals surface area contributed by atoms with Crippen LogP contribution in [-0.4, -0.2) is 24.4 Å². The van der Waals surface area contributed by atoms with Crippen molar-refractivity contribution in [3.63, 3.8) is 0 Å². The Morgan fingerprint density at radius 2 is 2.09 bits per heavy atom. The molecule has 2 rings (SSSR count). The highest BCUT2D eigenvalue weighted by Crippen LogP contribution is 2.35. The molecule has 0 aliphatic heterocycles. The molecule has 1 atom stereocenters. The van der Waals surface area contributed by atoms with Crippen LogP contribution in [0.5, 0.6) is 0 Å². The van der Waals surface area contributed by atoms with E-state index in [0.717, 1.165) is 15.0 Å². The van der Waals surface area contributed by atoms with Gasteiger partial charge in [-0.2, -0.15) is 0 Å². The second-order valence-corrected chi connectivity index (χ2v) is 6.20. The number of rotatable bonds is 5. The normalized spacial score (nSPS) is 12.5. The lowest BCUT2D eigenvalue weighted by Gasteiger charge is -2.11. The number of hydrogen-bond donors (Lipinski definition) is 2. The number of benzene rings is 1. The van der Waals surface area contributed by atoms with Gasteiger partial charge >= 0.3 is 0 Å². The molecule has 0 radical (unpaired) electrons. The Labute approximate surface area is 138 Å². The quantitative estimate of drug-likeness (QED) is 0.824. The van der Waals surface area contributed by atoms with Gasteiger partial charge in [-0.3, -0.25) is 9.59 Å². The summed E-state index contributed by atoms with van der Waals surface area (Å²) in [4.78, 5) is 24.2. The molecule has 1 heterocycles. The summed E-state index contributed by atoms with van der Waals surface area (Å²) in [5.41, 5.74) is 0. The van der Waals surface area contributed by atoms with Crippen LogP contribution in [0.15, 0.2) is 30.3 Å². The zero-order valence-electron chi connectivity index (χ0n) is 12.4. The summed E-state index contributed by atoms with van der Waals surface area (Å²) in [5.74, 6) is -0.531. The number of amides is 2. The first-order chi connectivity index (χ1) is 10.5. The Kier molecular flexibility index (Phi) is 5.57. The summed E-state index contributed by atoms with van der Waals surface area (Å²) in [6.45, 7) is 4.01. The smallest absolute Gasteiger partial charge is 0.244 e. The molecule has 1 aromatic carbocycles. The maximum absolute atomic E-state index is 11.8. The highest BCUT2D eigenvalue weighted by Gasteiger charge is 2.13. The average Bonchev–Trinajstić information content (AvgIpc) is 2.82. The Morgan fingerprint density at radius 3 is 2.77 bits per heavy atom. The van der Waals surface area contributed by atoms with E-state index in [2.05, 4.69) is 10.6 Å². The molecule has 0 bridgehead atoms. The highest BCUT2D eigenvalue weighted by atomic mass is 35.5. The molecule has 0 unspecified atom stereocenters. The van der Waals surface area contributed by atoms with Gasteiger partial charge in [-0.05, 0) is 26.0 Å². The highest BCUT2D eigenvalue weighted by molar-refractivity contribution is 7.20. The molecule has 0 aliphatic rings. The van der Waals surface area contributed by atoms with Crippen molar-refractivity contribution in [1.29, 1.82) is 0 Å². The van der Waals surface area contributed by atoms with E-state index < -0.39 is 6.04 Å². The number of likely N-dealkylation sites (N-methyl/N-ethyl adjacent to an activating group) is 1. The van der Waals surface area contributed by atoms with E-state index in [0.29, 0.717) is 11.6 Å². The monoisotopic (exact) mass is 336 g/mol. The van der Waals surface area contributed by atoms with Crippen LogP contribution in [0.1, 0.15) is 18.7 Å². The Morgan fingerprint density at radius 1 is 1.36 bits per heavy atom. The molecule has 0 saturated heterocycles. The SMILES string of the molecule is CCNC(=O)[C@@H](C)NC(=O)/C=C/c1sc2ccccc2c1Cl. The average molecular weight is 337 g/mol. The maximum atomic E-state index is 11.8. The molecule has 2 amide bonds. The molecule has 0 saturated carbocycles. The summed E-state index contributed by atoms with van der Waals surface area (Å²) >= 11 is 7.82. The summed E-state index contributed by atoms with van der Waals surface area (Å²) in [5, 5.41) is 6.88. The Hall–Kier alpha value is -1.85. The third-order valence-corrected chi connectivity index (χ3v) is 4.70. The maximum Gasteiger partial charge on any atom is 0.244 e. The van der Waals surface area contributed by atoms with Gasteiger partial charge in [0.2, 0.25) is 11.8 Å². The molecule has 6 heteroatoms. The van der Waals surface area contributed by atoms with E-state index in [4.69, 9.17) is 11.6 Å². The van der Waals surface area contributed by atoms with Crippen molar-refractivity contribution in [1.82, 2.24) is 10.6 Å². The van der Waals surface area contributed by atoms with Crippen molar-refractivity contribution in [2.45, 2.75) is 19.9 Å². The largest absolute Gasteiger partial charge is 0.355 e. The van der Waals surface area contributed by atoms with Crippen molar-refractivity contribution in [2.75, 3.05) is 6.54 Å². The van der Waals surface area contributed by atoms with Crippen molar-refractivity contribution >= 4 is 50.9 Å². The molecule has 0 aliphatic carbocycles. The fraction of sp³-hybridized carbons (Fsp3) is 0.250. The van der Waals surface area contributed by atoms with E-state index in [9.17, 15) is 9.59 Å². The lowest BCUT2D eigenvalue weighted by Crippen LogP contribution is -2.44. The first kappa shape index (κ1) is 16.5. The van der Waals surface area contributed by atoms with Crippen molar-refractivity contribution in [3.8, 4) is 0 Å². The first-order valence-corrected chi connectivity index (χ1v) is 8.15. The van der Waals surface area contributed by atoms with Crippen molar-refractivity contribution < 1.29 is 9.59 Å². The molecule has 4 nitrogen and oxygen atoms in total. The Balaban J connectivity index is 2.05. The van der Waals surface area contributed by atoms with Gasteiger partial charge in [0.25, 0.3) is 0 Å². The minimum absolute atomic E-state index is 0.204. The predicted molar refractivity (Wildman–Crippen MR) is 92.2 cm³/mol. The fourth-order valence-corrected chi connectivity index (χ4v) is 3.34. The van der Waals surface area contributed by atoms with Gasteiger partial charge in [0, 0.05) is 27.6 Å². The van der Waals surface area contributed by atoms with Crippen LogP contribution in [0.2, 0.25) is 5.02 Å². The van der Waals surface area contributed by atoms with Crippen LogP contribution in [0.3, 0.4) is 0 Å². The third-order valence-electron chi connectivity index (χ3n) is 3.05. The minimum Gasteiger partial charge on any atom is -0.355 e. The van der Waals surface area contributed by atoms with Crippen molar-refractivity contribution in [2.24, 2.45) is 0 Å². The fourth-order valence-electron chi connectivity index (χ4n) is 1.95. The van der Waals surface area contributed by atoms with E-state index in [1.807, 2.05) is 31.2 Å². The molecule has 1 aromatic heterocycles. The van der Waals surface area contributed by atoms with Crippen LogP contribution in [0.4, 0.5) is 0 Å². The van der Waals surface area contributed by atoms with E-state index in [1.165, 1.54) is 17.4 Å². The summed E-state index contributed by atoms with van der Waals surface area (Å²) in [7, 11) is 0. The summed E-state index contributed by atoms with van der Waals surface area (Å²) < 4.78 is 1.07. The van der Waals surface area contributed by atoms with Crippen molar-refractivity contribution in [3.05, 3.63) is 40.2 Å². The van der Waals surface area contributed by atoms with E-state index >= 15 is 0 Å². The molecule has 22 heavy (non-hydrogen) atoms. The lowest BCUT2D eigenvalue weighted by atomic mass is 10.2. The topological polar surface area (TPSA) is 58.2 Å². The van der Waals surface area contributed by atoms with Crippen LogP contribution >= 0.6 is 22.9 Å². The summed E-state index contributed by atoms with van der Waals surface area (Å²) in [6.07, 6.45) is 3.07. The van der Waals surface area contributed by atoms with Crippen LogP contribution in [-0.2, 0) is 9.59 Å². The number of carbonyl (C=O) groups is 2. The van der Waals surface area contributed by atoms with E-state index in [1.54, 1.807) is 13.0 Å². The van der Waals surface area contributed by atoms with Gasteiger partial charge < -0.3 is 10.6 Å². The van der Waals surface area contributed by atoms with Gasteiger partial charge in [-0.15, -0.1) is 11.3 Å². The molecular formula is C16H17ClN2O2S. The first-order valence-electron chi connectivity index (χ1n) is 6.96. The zero-order chi connectivity index (χ0) is 16.1. The second-order valence-electron chi connectivity index (χ2n) is 4.73. The molecular weight excluding hydrogens is 320 g/mol. The number of fused-ring (bicyclic) bond motifs is 1. The molecule has 2 aromatic rings. The standard InChI is InChI=1S/C16H17ClN2O2S/c1-3-18-16(21)10(2)19-14(20)9-8-13-15(17)11-6-4-5-7-12(11)22-13/h4-10H,3H2,1-2H3,(H,18,21)(H,19,20)/b9-8+/t10-/m1/s1. The summed E-state index contributed by atoms with van der Waals surface area (Å²) in [6, 6.07) is 7.23. The van der Waals surface area contributed by atoms with Gasteiger partial charge in [-0.25, -0.2) is 0 Å². The van der Waals surface area contributed by atoms with Gasteiger partial charge in [0.15, 0.2) is 0 Å². The van der Waals surface area contributed by atoms with Gasteiger partial charge in [0.05, 0.1) is 5.02 Å². The van der Waals surface area contributed by atoms with Gasteiger partial charge in [0.1, 0.15) is 6.04 Å². The second kappa shape index (κ2) is 7.42. The lowest BCUT2D eigenvalue weighted by molar-refractivity contribution is -0.126. The molecule has 116 valence electrons. The van der Waals surface area contributed by atoms with Crippen LogP contribution < -0.4 is 10.6 Å². The number of nitrogens with one attached hydrogen (secondary N) is 2.